The van der Waals surface area contributed by atoms with Gasteiger partial charge in [-0.05, 0) is 50.3 Å². The smallest absolute Gasteiger partial charge is 0.119 e. The number of likely N-dealkylation sites (tertiary alicyclic amines) is 1. The zero-order valence-corrected chi connectivity index (χ0v) is 12.1. The number of aliphatic hydroxyl groups is 1. The first-order valence-corrected chi connectivity index (χ1v) is 7.93. The summed E-state index contributed by atoms with van der Waals surface area (Å²) in [5.74, 6) is 1.72. The maximum Gasteiger partial charge on any atom is 0.119 e. The van der Waals surface area contributed by atoms with Gasteiger partial charge in [-0.3, -0.25) is 4.90 Å². The lowest BCUT2D eigenvalue weighted by atomic mass is 9.92. The van der Waals surface area contributed by atoms with Crippen molar-refractivity contribution in [2.75, 3.05) is 19.7 Å². The highest BCUT2D eigenvalue weighted by Crippen LogP contribution is 2.36. The molecule has 2 fully saturated rings. The number of piperidine rings is 1. The van der Waals surface area contributed by atoms with E-state index in [1.807, 2.05) is 30.3 Å². The number of fused-ring (bicyclic) bond motifs is 1. The lowest BCUT2D eigenvalue weighted by Crippen LogP contribution is -2.47. The number of hydrogen-bond donors (Lipinski definition) is 1. The molecule has 0 spiro atoms. The number of nitrogens with zero attached hydrogens (tertiary/aromatic N) is 1. The molecule has 1 saturated heterocycles. The number of β-amino-alcohol motifs (C(OH)–C–C–N with tert-alkyl or cyclic N) is 1. The molecule has 0 aromatic heterocycles. The number of ether oxygens (including phenoxy) is 1. The summed E-state index contributed by atoms with van der Waals surface area (Å²) < 4.78 is 5.64. The van der Waals surface area contributed by atoms with Gasteiger partial charge in [-0.1, -0.05) is 24.6 Å². The van der Waals surface area contributed by atoms with Crippen molar-refractivity contribution in [3.8, 4) is 5.75 Å². The van der Waals surface area contributed by atoms with Crippen molar-refractivity contribution in [2.24, 2.45) is 5.92 Å². The van der Waals surface area contributed by atoms with Gasteiger partial charge in [0, 0.05) is 12.6 Å². The van der Waals surface area contributed by atoms with E-state index in [1.165, 1.54) is 32.1 Å². The van der Waals surface area contributed by atoms with Crippen molar-refractivity contribution in [1.29, 1.82) is 0 Å². The van der Waals surface area contributed by atoms with Crippen molar-refractivity contribution in [1.82, 2.24) is 4.90 Å². The van der Waals surface area contributed by atoms with Crippen molar-refractivity contribution < 1.29 is 9.84 Å². The first-order chi connectivity index (χ1) is 9.83. The second-order valence-electron chi connectivity index (χ2n) is 6.17. The van der Waals surface area contributed by atoms with Crippen LogP contribution in [-0.4, -0.2) is 41.8 Å². The summed E-state index contributed by atoms with van der Waals surface area (Å²) in [6.07, 6.45) is 6.34. The van der Waals surface area contributed by atoms with Gasteiger partial charge in [0.15, 0.2) is 0 Å². The van der Waals surface area contributed by atoms with Crippen molar-refractivity contribution in [3.05, 3.63) is 30.3 Å². The Kier molecular flexibility index (Phi) is 4.58. The molecule has 3 unspecified atom stereocenters. The third-order valence-electron chi connectivity index (χ3n) is 4.74. The Hall–Kier alpha value is -1.06. The van der Waals surface area contributed by atoms with E-state index in [0.29, 0.717) is 6.61 Å². The number of rotatable bonds is 5. The molecule has 1 heterocycles. The van der Waals surface area contributed by atoms with Gasteiger partial charge in [0.05, 0.1) is 0 Å². The molecule has 3 heteroatoms. The highest BCUT2D eigenvalue weighted by Gasteiger charge is 2.35. The van der Waals surface area contributed by atoms with Crippen LogP contribution < -0.4 is 4.74 Å². The molecule has 110 valence electrons. The first-order valence-electron chi connectivity index (χ1n) is 7.93. The van der Waals surface area contributed by atoms with E-state index in [1.54, 1.807) is 0 Å². The zero-order chi connectivity index (χ0) is 13.8. The fourth-order valence-electron chi connectivity index (χ4n) is 3.82. The number of para-hydroxylation sites is 1. The Bertz CT molecular complexity index is 409. The Morgan fingerprint density at radius 2 is 1.95 bits per heavy atom. The van der Waals surface area contributed by atoms with Gasteiger partial charge in [-0.25, -0.2) is 0 Å². The standard InChI is InChI=1S/C17H25NO2/c19-15(13-20-16-8-2-1-3-9-16)12-18-11-5-7-14-6-4-10-17(14)18/h1-3,8-9,14-15,17,19H,4-7,10-13H2. The molecular weight excluding hydrogens is 250 g/mol. The van der Waals surface area contributed by atoms with E-state index < -0.39 is 6.10 Å². The van der Waals surface area contributed by atoms with E-state index in [-0.39, 0.29) is 0 Å². The second kappa shape index (κ2) is 6.59. The highest BCUT2D eigenvalue weighted by molar-refractivity contribution is 5.20. The molecular formula is C17H25NO2. The lowest BCUT2D eigenvalue weighted by Gasteiger charge is -2.38. The largest absolute Gasteiger partial charge is 0.491 e. The summed E-state index contributed by atoms with van der Waals surface area (Å²) in [5.41, 5.74) is 0. The third kappa shape index (κ3) is 3.33. The molecule has 3 rings (SSSR count). The molecule has 1 aromatic rings. The molecule has 3 nitrogen and oxygen atoms in total. The summed E-state index contributed by atoms with van der Waals surface area (Å²) in [5, 5.41) is 10.2. The van der Waals surface area contributed by atoms with Gasteiger partial charge in [-0.15, -0.1) is 0 Å². The fraction of sp³-hybridized carbons (Fsp3) is 0.647. The van der Waals surface area contributed by atoms with Gasteiger partial charge in [0.2, 0.25) is 0 Å². The highest BCUT2D eigenvalue weighted by atomic mass is 16.5. The minimum atomic E-state index is -0.394. The predicted molar refractivity (Wildman–Crippen MR) is 79.9 cm³/mol. The Balaban J connectivity index is 1.47. The average molecular weight is 275 g/mol. The quantitative estimate of drug-likeness (QED) is 0.897. The average Bonchev–Trinajstić information content (AvgIpc) is 2.96. The van der Waals surface area contributed by atoms with Crippen LogP contribution in [0.25, 0.3) is 0 Å². The van der Waals surface area contributed by atoms with Gasteiger partial charge in [-0.2, -0.15) is 0 Å². The normalized spacial score (nSPS) is 28.1. The van der Waals surface area contributed by atoms with E-state index in [0.717, 1.165) is 30.8 Å². The van der Waals surface area contributed by atoms with E-state index in [9.17, 15) is 5.11 Å². The fourth-order valence-corrected chi connectivity index (χ4v) is 3.82. The molecule has 3 atom stereocenters. The Morgan fingerprint density at radius 3 is 2.80 bits per heavy atom. The van der Waals surface area contributed by atoms with E-state index in [2.05, 4.69) is 4.90 Å². The molecule has 1 N–H and O–H groups in total. The first kappa shape index (κ1) is 13.9. The van der Waals surface area contributed by atoms with Crippen LogP contribution in [0.15, 0.2) is 30.3 Å². The van der Waals surface area contributed by atoms with E-state index in [4.69, 9.17) is 4.74 Å². The summed E-state index contributed by atoms with van der Waals surface area (Å²) in [7, 11) is 0. The van der Waals surface area contributed by atoms with Crippen LogP contribution in [0.4, 0.5) is 0 Å². The molecule has 20 heavy (non-hydrogen) atoms. The molecule has 1 aromatic carbocycles. The topological polar surface area (TPSA) is 32.7 Å². The Morgan fingerprint density at radius 1 is 1.15 bits per heavy atom. The van der Waals surface area contributed by atoms with Gasteiger partial charge in [0.1, 0.15) is 18.5 Å². The van der Waals surface area contributed by atoms with Crippen molar-refractivity contribution >= 4 is 0 Å². The van der Waals surface area contributed by atoms with Crippen LogP contribution in [-0.2, 0) is 0 Å². The number of hydrogen-bond acceptors (Lipinski definition) is 3. The summed E-state index contributed by atoms with van der Waals surface area (Å²) in [4.78, 5) is 2.50. The van der Waals surface area contributed by atoms with Crippen LogP contribution >= 0.6 is 0 Å². The monoisotopic (exact) mass is 275 g/mol. The second-order valence-corrected chi connectivity index (χ2v) is 6.17. The SMILES string of the molecule is OC(COc1ccccc1)CN1CCCC2CCCC21. The van der Waals surface area contributed by atoms with Gasteiger partial charge < -0.3 is 9.84 Å². The molecule has 1 aliphatic carbocycles. The summed E-state index contributed by atoms with van der Waals surface area (Å²) in [6, 6.07) is 10.5. The maximum atomic E-state index is 10.2. The minimum absolute atomic E-state index is 0.387. The van der Waals surface area contributed by atoms with Crippen LogP contribution in [0.1, 0.15) is 32.1 Å². The minimum Gasteiger partial charge on any atom is -0.491 e. The molecule has 1 aliphatic heterocycles. The zero-order valence-electron chi connectivity index (χ0n) is 12.1. The molecule has 2 aliphatic rings. The van der Waals surface area contributed by atoms with E-state index >= 15 is 0 Å². The van der Waals surface area contributed by atoms with Gasteiger partial charge in [0.25, 0.3) is 0 Å². The number of benzene rings is 1. The molecule has 0 amide bonds. The lowest BCUT2D eigenvalue weighted by molar-refractivity contribution is 0.0287. The Labute approximate surface area is 121 Å². The van der Waals surface area contributed by atoms with Gasteiger partial charge >= 0.3 is 0 Å². The van der Waals surface area contributed by atoms with Crippen molar-refractivity contribution in [3.63, 3.8) is 0 Å². The van der Waals surface area contributed by atoms with Crippen LogP contribution in [0.5, 0.6) is 5.75 Å². The molecule has 0 bridgehead atoms. The molecule has 0 radical (unpaired) electrons. The van der Waals surface area contributed by atoms with Crippen LogP contribution in [0.2, 0.25) is 0 Å². The number of aliphatic hydroxyl groups excluding tert-OH is 1. The third-order valence-corrected chi connectivity index (χ3v) is 4.74. The van der Waals surface area contributed by atoms with Crippen LogP contribution in [0.3, 0.4) is 0 Å². The predicted octanol–water partition coefficient (Wildman–Crippen LogP) is 2.69. The maximum absolute atomic E-state index is 10.2. The van der Waals surface area contributed by atoms with Crippen LogP contribution in [0, 0.1) is 5.92 Å². The summed E-state index contributed by atoms with van der Waals surface area (Å²) >= 11 is 0. The molecule has 1 saturated carbocycles. The summed E-state index contributed by atoms with van der Waals surface area (Å²) in [6.45, 7) is 2.29. The van der Waals surface area contributed by atoms with Crippen molar-refractivity contribution in [2.45, 2.75) is 44.2 Å².